The van der Waals surface area contributed by atoms with Gasteiger partial charge in [0.25, 0.3) is 5.91 Å². The summed E-state index contributed by atoms with van der Waals surface area (Å²) in [6, 6.07) is 9.47. The molecule has 0 saturated carbocycles. The Morgan fingerprint density at radius 1 is 1.18 bits per heavy atom. The van der Waals surface area contributed by atoms with Crippen molar-refractivity contribution in [2.24, 2.45) is 0 Å². The molecule has 0 aliphatic rings. The summed E-state index contributed by atoms with van der Waals surface area (Å²) in [5.74, 6) is -0.0364. The number of aromatic nitrogens is 4. The van der Waals surface area contributed by atoms with Crippen LogP contribution in [-0.4, -0.2) is 43.9 Å². The minimum Gasteiger partial charge on any atom is -0.338 e. The number of nitrogens with zero attached hydrogens (tertiary/aromatic N) is 5. The highest BCUT2D eigenvalue weighted by molar-refractivity contribution is 5.97. The summed E-state index contributed by atoms with van der Waals surface area (Å²) in [4.78, 5) is 21.0. The quantitative estimate of drug-likeness (QED) is 0.631. The smallest absolute Gasteiger partial charge is 0.256 e. The highest BCUT2D eigenvalue weighted by Gasteiger charge is 2.19. The van der Waals surface area contributed by atoms with E-state index in [0.29, 0.717) is 30.8 Å². The van der Waals surface area contributed by atoms with E-state index < -0.39 is 0 Å². The second-order valence-corrected chi connectivity index (χ2v) is 6.74. The molecule has 0 atom stereocenters. The standard InChI is InChI=1S/C22H25N5O/c1-5-26(13-10-18-14-17(4)20(15-23-18)16(2)3)22(28)19-8-6-7-9-21(19)27-24-11-12-25-27/h6-9,11-12,14-15H,2,5,10,13H2,1,3-4H3. The number of aryl methyl sites for hydroxylation is 1. The highest BCUT2D eigenvalue weighted by Crippen LogP contribution is 2.18. The fraction of sp³-hybridized carbons (Fsp3) is 0.273. The Kier molecular flexibility index (Phi) is 5.99. The molecule has 0 fully saturated rings. The molecule has 144 valence electrons. The lowest BCUT2D eigenvalue weighted by atomic mass is 10.0. The third-order valence-corrected chi connectivity index (χ3v) is 4.70. The van der Waals surface area contributed by atoms with Gasteiger partial charge in [0.1, 0.15) is 0 Å². The number of benzene rings is 1. The molecule has 2 aromatic heterocycles. The molecule has 3 rings (SSSR count). The summed E-state index contributed by atoms with van der Waals surface area (Å²) in [5, 5.41) is 8.32. The van der Waals surface area contributed by atoms with Crippen molar-refractivity contribution >= 4 is 11.5 Å². The van der Waals surface area contributed by atoms with Gasteiger partial charge in [0.2, 0.25) is 0 Å². The Labute approximate surface area is 165 Å². The van der Waals surface area contributed by atoms with Gasteiger partial charge in [0.15, 0.2) is 0 Å². The molecule has 0 aliphatic carbocycles. The molecule has 0 saturated heterocycles. The lowest BCUT2D eigenvalue weighted by Gasteiger charge is -2.22. The first kappa shape index (κ1) is 19.5. The molecule has 1 aromatic carbocycles. The van der Waals surface area contributed by atoms with Gasteiger partial charge in [0.05, 0.1) is 23.6 Å². The average molecular weight is 375 g/mol. The number of hydrogen-bond acceptors (Lipinski definition) is 4. The van der Waals surface area contributed by atoms with Crippen LogP contribution >= 0.6 is 0 Å². The molecule has 1 amide bonds. The normalized spacial score (nSPS) is 10.7. The first-order valence-electron chi connectivity index (χ1n) is 9.37. The summed E-state index contributed by atoms with van der Waals surface area (Å²) >= 11 is 0. The monoisotopic (exact) mass is 375 g/mol. The summed E-state index contributed by atoms with van der Waals surface area (Å²) in [5.41, 5.74) is 5.47. The minimum atomic E-state index is -0.0364. The molecule has 28 heavy (non-hydrogen) atoms. The van der Waals surface area contributed by atoms with E-state index in [-0.39, 0.29) is 5.91 Å². The van der Waals surface area contributed by atoms with Gasteiger partial charge < -0.3 is 4.90 Å². The number of amides is 1. The van der Waals surface area contributed by atoms with Crippen molar-refractivity contribution < 1.29 is 4.79 Å². The molecule has 2 heterocycles. The molecule has 3 aromatic rings. The van der Waals surface area contributed by atoms with Crippen molar-refractivity contribution in [3.05, 3.63) is 77.9 Å². The zero-order valence-electron chi connectivity index (χ0n) is 16.6. The molecule has 0 aliphatic heterocycles. The largest absolute Gasteiger partial charge is 0.338 e. The number of pyridine rings is 1. The van der Waals surface area contributed by atoms with E-state index in [1.54, 1.807) is 12.4 Å². The number of likely N-dealkylation sites (N-methyl/N-ethyl adjacent to an activating group) is 1. The Balaban J connectivity index is 1.77. The van der Waals surface area contributed by atoms with Gasteiger partial charge in [-0.05, 0) is 55.7 Å². The predicted molar refractivity (Wildman–Crippen MR) is 110 cm³/mol. The lowest BCUT2D eigenvalue weighted by molar-refractivity contribution is 0.0765. The summed E-state index contributed by atoms with van der Waals surface area (Å²) < 4.78 is 0. The maximum Gasteiger partial charge on any atom is 0.256 e. The van der Waals surface area contributed by atoms with Gasteiger partial charge >= 0.3 is 0 Å². The number of allylic oxidation sites excluding steroid dienone is 1. The van der Waals surface area contributed by atoms with E-state index in [4.69, 9.17) is 0 Å². The van der Waals surface area contributed by atoms with Gasteiger partial charge in [-0.1, -0.05) is 18.7 Å². The first-order chi connectivity index (χ1) is 13.5. The van der Waals surface area contributed by atoms with Crippen molar-refractivity contribution in [3.8, 4) is 5.69 Å². The van der Waals surface area contributed by atoms with Crippen LogP contribution in [0.25, 0.3) is 11.3 Å². The SMILES string of the molecule is C=C(C)c1cnc(CCN(CC)C(=O)c2ccccc2-n2nccn2)cc1C. The van der Waals surface area contributed by atoms with Crippen LogP contribution in [0, 0.1) is 6.92 Å². The van der Waals surface area contributed by atoms with Crippen molar-refractivity contribution in [3.63, 3.8) is 0 Å². The van der Waals surface area contributed by atoms with Crippen molar-refractivity contribution in [2.75, 3.05) is 13.1 Å². The summed E-state index contributed by atoms with van der Waals surface area (Å²) in [6.45, 7) is 11.2. The summed E-state index contributed by atoms with van der Waals surface area (Å²) in [6.07, 6.45) is 5.76. The van der Waals surface area contributed by atoms with Gasteiger partial charge in [-0.3, -0.25) is 9.78 Å². The van der Waals surface area contributed by atoms with Crippen LogP contribution in [0.2, 0.25) is 0 Å². The van der Waals surface area contributed by atoms with E-state index in [0.717, 1.165) is 22.4 Å². The molecule has 6 heteroatoms. The van der Waals surface area contributed by atoms with Gasteiger partial charge in [-0.2, -0.15) is 15.0 Å². The number of carbonyl (C=O) groups is 1. The molecule has 0 bridgehead atoms. The van der Waals surface area contributed by atoms with Crippen molar-refractivity contribution in [1.82, 2.24) is 24.9 Å². The van der Waals surface area contributed by atoms with Crippen LogP contribution in [0.5, 0.6) is 0 Å². The molecule has 0 spiro atoms. The van der Waals surface area contributed by atoms with Crippen LogP contribution < -0.4 is 0 Å². The minimum absolute atomic E-state index is 0.0364. The summed E-state index contributed by atoms with van der Waals surface area (Å²) in [7, 11) is 0. The van der Waals surface area contributed by atoms with E-state index in [1.165, 1.54) is 4.80 Å². The van der Waals surface area contributed by atoms with Crippen molar-refractivity contribution in [2.45, 2.75) is 27.2 Å². The predicted octanol–water partition coefficient (Wildman–Crippen LogP) is 3.71. The van der Waals surface area contributed by atoms with Crippen LogP contribution in [-0.2, 0) is 6.42 Å². The molecule has 0 unspecified atom stereocenters. The second-order valence-electron chi connectivity index (χ2n) is 6.74. The average Bonchev–Trinajstić information content (AvgIpc) is 3.22. The zero-order valence-corrected chi connectivity index (χ0v) is 16.6. The maximum atomic E-state index is 13.1. The Hall–Kier alpha value is -3.28. The fourth-order valence-electron chi connectivity index (χ4n) is 3.19. The highest BCUT2D eigenvalue weighted by atomic mass is 16.2. The van der Waals surface area contributed by atoms with Crippen LogP contribution in [0.15, 0.2) is 55.5 Å². The van der Waals surface area contributed by atoms with Gasteiger partial charge in [0, 0.05) is 31.4 Å². The van der Waals surface area contributed by atoms with Crippen LogP contribution in [0.1, 0.15) is 41.0 Å². The van der Waals surface area contributed by atoms with Gasteiger partial charge in [-0.15, -0.1) is 0 Å². The van der Waals surface area contributed by atoms with E-state index in [1.807, 2.05) is 49.2 Å². The number of para-hydroxylation sites is 1. The lowest BCUT2D eigenvalue weighted by Crippen LogP contribution is -2.33. The Morgan fingerprint density at radius 2 is 1.89 bits per heavy atom. The fourth-order valence-corrected chi connectivity index (χ4v) is 3.19. The number of carbonyl (C=O) groups excluding carboxylic acids is 1. The third kappa shape index (κ3) is 4.17. The van der Waals surface area contributed by atoms with E-state index >= 15 is 0 Å². The van der Waals surface area contributed by atoms with Crippen LogP contribution in [0.3, 0.4) is 0 Å². The first-order valence-corrected chi connectivity index (χ1v) is 9.37. The molecule has 6 nitrogen and oxygen atoms in total. The molecule has 0 radical (unpaired) electrons. The zero-order chi connectivity index (χ0) is 20.1. The maximum absolute atomic E-state index is 13.1. The topological polar surface area (TPSA) is 63.9 Å². The second kappa shape index (κ2) is 8.61. The van der Waals surface area contributed by atoms with Crippen molar-refractivity contribution in [1.29, 1.82) is 0 Å². The molecule has 0 N–H and O–H groups in total. The Bertz CT molecular complexity index is 978. The molecular weight excluding hydrogens is 350 g/mol. The Morgan fingerprint density at radius 3 is 2.54 bits per heavy atom. The number of rotatable bonds is 7. The van der Waals surface area contributed by atoms with Crippen LogP contribution in [0.4, 0.5) is 0 Å². The number of hydrogen-bond donors (Lipinski definition) is 0. The van der Waals surface area contributed by atoms with E-state index in [2.05, 4.69) is 34.8 Å². The van der Waals surface area contributed by atoms with E-state index in [9.17, 15) is 4.79 Å². The third-order valence-electron chi connectivity index (χ3n) is 4.70. The molecular formula is C22H25N5O. The van der Waals surface area contributed by atoms with Gasteiger partial charge in [-0.25, -0.2) is 0 Å².